The van der Waals surface area contributed by atoms with Crippen LogP contribution in [0.2, 0.25) is 0 Å². The molecule has 7 heteroatoms. The molecule has 1 aliphatic rings. The highest BCUT2D eigenvalue weighted by Gasteiger charge is 2.30. The van der Waals surface area contributed by atoms with Crippen LogP contribution >= 0.6 is 0 Å². The zero-order valence-electron chi connectivity index (χ0n) is 12.7. The van der Waals surface area contributed by atoms with E-state index in [1.807, 2.05) is 13.8 Å². The highest BCUT2D eigenvalue weighted by molar-refractivity contribution is 7.91. The van der Waals surface area contributed by atoms with Gasteiger partial charge in [0.25, 0.3) is 5.91 Å². The fraction of sp³-hybridized carbons (Fsp3) is 0.714. The Kier molecular flexibility index (Phi) is 4.70. The lowest BCUT2D eigenvalue weighted by Crippen LogP contribution is -2.41. The summed E-state index contributed by atoms with van der Waals surface area (Å²) in [5.41, 5.74) is 1.28. The van der Waals surface area contributed by atoms with E-state index in [2.05, 4.69) is 15.5 Å². The van der Waals surface area contributed by atoms with Crippen LogP contribution in [0.3, 0.4) is 0 Å². The second-order valence-electron chi connectivity index (χ2n) is 6.15. The molecule has 1 aromatic heterocycles. The Hall–Kier alpha value is -1.37. The van der Waals surface area contributed by atoms with Crippen LogP contribution < -0.4 is 5.32 Å². The van der Waals surface area contributed by atoms with E-state index in [1.165, 1.54) is 6.26 Å². The first-order valence-corrected chi connectivity index (χ1v) is 9.28. The van der Waals surface area contributed by atoms with E-state index < -0.39 is 9.84 Å². The summed E-state index contributed by atoms with van der Waals surface area (Å²) in [4.78, 5) is 12.2. The number of nitrogens with zero attached hydrogens (tertiary/aromatic N) is 1. The second kappa shape index (κ2) is 6.17. The molecule has 1 aromatic rings. The van der Waals surface area contributed by atoms with Gasteiger partial charge in [-0.2, -0.15) is 5.10 Å². The number of sulfone groups is 1. The van der Waals surface area contributed by atoms with Gasteiger partial charge in [0.2, 0.25) is 0 Å². The van der Waals surface area contributed by atoms with Crippen molar-refractivity contribution >= 4 is 15.7 Å². The predicted molar refractivity (Wildman–Crippen MR) is 81.0 cm³/mol. The molecule has 0 spiro atoms. The maximum atomic E-state index is 12.2. The minimum atomic E-state index is -3.04. The number of hydrogen-bond acceptors (Lipinski definition) is 4. The van der Waals surface area contributed by atoms with Crippen molar-refractivity contribution in [3.8, 4) is 0 Å². The van der Waals surface area contributed by atoms with Crippen LogP contribution in [0.25, 0.3) is 0 Å². The molecular formula is C14H23N3O3S. The number of hydrogen-bond donors (Lipinski definition) is 2. The lowest BCUT2D eigenvalue weighted by Gasteiger charge is -2.28. The van der Waals surface area contributed by atoms with Gasteiger partial charge in [-0.25, -0.2) is 8.42 Å². The van der Waals surface area contributed by atoms with Gasteiger partial charge in [-0.15, -0.1) is 0 Å². The summed E-state index contributed by atoms with van der Waals surface area (Å²) in [6, 6.07) is 1.65. The van der Waals surface area contributed by atoms with Crippen LogP contribution in [-0.4, -0.2) is 42.1 Å². The zero-order chi connectivity index (χ0) is 15.6. The van der Waals surface area contributed by atoms with Gasteiger partial charge in [0.15, 0.2) is 0 Å². The summed E-state index contributed by atoms with van der Waals surface area (Å²) in [5, 5.41) is 9.42. The minimum Gasteiger partial charge on any atom is -0.348 e. The first-order valence-electron chi connectivity index (χ1n) is 7.32. The van der Waals surface area contributed by atoms with Crippen LogP contribution in [0.1, 0.15) is 61.6 Å². The van der Waals surface area contributed by atoms with Crippen molar-refractivity contribution in [2.75, 3.05) is 6.26 Å². The minimum absolute atomic E-state index is 0.0924. The number of rotatable bonds is 4. The molecule has 1 heterocycles. The lowest BCUT2D eigenvalue weighted by molar-refractivity contribution is 0.0923. The summed E-state index contributed by atoms with van der Waals surface area (Å²) in [6.07, 6.45) is 4.08. The largest absolute Gasteiger partial charge is 0.348 e. The highest BCUT2D eigenvalue weighted by Crippen LogP contribution is 2.24. The molecule has 21 heavy (non-hydrogen) atoms. The average Bonchev–Trinajstić information content (AvgIpc) is 2.88. The second-order valence-corrected chi connectivity index (χ2v) is 8.48. The molecule has 2 N–H and O–H groups in total. The van der Waals surface area contributed by atoms with Crippen LogP contribution in [-0.2, 0) is 9.84 Å². The summed E-state index contributed by atoms with van der Waals surface area (Å²) >= 11 is 0. The number of aromatic amines is 1. The number of nitrogens with one attached hydrogen (secondary N) is 2. The molecule has 0 radical (unpaired) electrons. The Morgan fingerprint density at radius 3 is 2.71 bits per heavy atom. The first kappa shape index (κ1) is 16.0. The van der Waals surface area contributed by atoms with Crippen molar-refractivity contribution in [1.29, 1.82) is 0 Å². The molecule has 2 rings (SSSR count). The Labute approximate surface area is 125 Å². The molecule has 0 bridgehead atoms. The van der Waals surface area contributed by atoms with E-state index in [0.717, 1.165) is 18.5 Å². The molecule has 0 aromatic carbocycles. The topological polar surface area (TPSA) is 91.9 Å². The van der Waals surface area contributed by atoms with Gasteiger partial charge in [0.05, 0.1) is 5.25 Å². The van der Waals surface area contributed by atoms with E-state index in [4.69, 9.17) is 0 Å². The van der Waals surface area contributed by atoms with Crippen LogP contribution in [0.4, 0.5) is 0 Å². The van der Waals surface area contributed by atoms with Gasteiger partial charge >= 0.3 is 0 Å². The third-order valence-electron chi connectivity index (χ3n) is 4.02. The van der Waals surface area contributed by atoms with Gasteiger partial charge < -0.3 is 5.32 Å². The molecule has 1 saturated carbocycles. The average molecular weight is 313 g/mol. The van der Waals surface area contributed by atoms with Crippen LogP contribution in [0, 0.1) is 0 Å². The predicted octanol–water partition coefficient (Wildman–Crippen LogP) is 1.62. The van der Waals surface area contributed by atoms with Gasteiger partial charge in [-0.3, -0.25) is 9.89 Å². The monoisotopic (exact) mass is 313 g/mol. The Morgan fingerprint density at radius 1 is 1.43 bits per heavy atom. The summed E-state index contributed by atoms with van der Waals surface area (Å²) in [7, 11) is -3.04. The fourth-order valence-electron chi connectivity index (χ4n) is 2.67. The quantitative estimate of drug-likeness (QED) is 0.883. The van der Waals surface area contributed by atoms with Gasteiger partial charge in [-0.1, -0.05) is 20.3 Å². The maximum Gasteiger partial charge on any atom is 0.271 e. The van der Waals surface area contributed by atoms with Crippen molar-refractivity contribution in [2.45, 2.75) is 56.7 Å². The number of aromatic nitrogens is 2. The molecular weight excluding hydrogens is 290 g/mol. The molecule has 1 amide bonds. The van der Waals surface area contributed by atoms with Gasteiger partial charge in [0.1, 0.15) is 15.5 Å². The van der Waals surface area contributed by atoms with Crippen molar-refractivity contribution in [1.82, 2.24) is 15.5 Å². The van der Waals surface area contributed by atoms with Crippen LogP contribution in [0.15, 0.2) is 6.07 Å². The SMILES string of the molecule is CC(C)c1cc(C(=O)N[C@@H]2CCC[C@@H](S(C)(=O)=O)C2)n[nH]1. The van der Waals surface area contributed by atoms with Crippen molar-refractivity contribution < 1.29 is 13.2 Å². The molecule has 0 saturated heterocycles. The van der Waals surface area contributed by atoms with Gasteiger partial charge in [0, 0.05) is 18.0 Å². The number of amides is 1. The van der Waals surface area contributed by atoms with E-state index in [0.29, 0.717) is 18.5 Å². The highest BCUT2D eigenvalue weighted by atomic mass is 32.2. The number of carbonyl (C=O) groups excluding carboxylic acids is 1. The molecule has 6 nitrogen and oxygen atoms in total. The molecule has 1 aliphatic carbocycles. The zero-order valence-corrected chi connectivity index (χ0v) is 13.5. The van der Waals surface area contributed by atoms with Crippen molar-refractivity contribution in [3.63, 3.8) is 0 Å². The van der Waals surface area contributed by atoms with E-state index >= 15 is 0 Å². The standard InChI is InChI=1S/C14H23N3O3S/c1-9(2)12-8-13(17-16-12)14(18)15-10-5-4-6-11(7-10)21(3,19)20/h8-11H,4-7H2,1-3H3,(H,15,18)(H,16,17)/t10-,11-/m1/s1. The Balaban J connectivity index is 1.98. The van der Waals surface area contributed by atoms with Gasteiger partial charge in [-0.05, 0) is 31.2 Å². The van der Waals surface area contributed by atoms with E-state index in [1.54, 1.807) is 6.07 Å². The third kappa shape index (κ3) is 4.06. The molecule has 0 aliphatic heterocycles. The van der Waals surface area contributed by atoms with Crippen molar-refractivity contribution in [2.24, 2.45) is 0 Å². The lowest BCUT2D eigenvalue weighted by atomic mass is 9.95. The Bertz CT molecular complexity index is 607. The molecule has 118 valence electrons. The first-order chi connectivity index (χ1) is 9.77. The Morgan fingerprint density at radius 2 is 2.14 bits per heavy atom. The molecule has 1 fully saturated rings. The summed E-state index contributed by atoms with van der Waals surface area (Å²) in [5.74, 6) is 0.0423. The summed E-state index contributed by atoms with van der Waals surface area (Å²) < 4.78 is 23.3. The van der Waals surface area contributed by atoms with E-state index in [-0.39, 0.29) is 23.1 Å². The maximum absolute atomic E-state index is 12.2. The normalized spacial score (nSPS) is 23.2. The third-order valence-corrected chi connectivity index (χ3v) is 5.66. The molecule has 0 unspecified atom stereocenters. The number of H-pyrrole nitrogens is 1. The molecule has 2 atom stereocenters. The fourth-order valence-corrected chi connectivity index (χ4v) is 3.85. The van der Waals surface area contributed by atoms with Crippen molar-refractivity contribution in [3.05, 3.63) is 17.5 Å². The van der Waals surface area contributed by atoms with E-state index in [9.17, 15) is 13.2 Å². The summed E-state index contributed by atoms with van der Waals surface area (Å²) in [6.45, 7) is 4.04. The number of carbonyl (C=O) groups is 1. The van der Waals surface area contributed by atoms with Crippen LogP contribution in [0.5, 0.6) is 0 Å². The smallest absolute Gasteiger partial charge is 0.271 e.